The van der Waals surface area contributed by atoms with Gasteiger partial charge in [0.05, 0.1) is 11.0 Å². The Balaban J connectivity index is 2.12. The van der Waals surface area contributed by atoms with Gasteiger partial charge in [-0.3, -0.25) is 4.79 Å². The Labute approximate surface area is 146 Å². The molecule has 0 bridgehead atoms. The number of carboxylic acids is 1. The topological polar surface area (TPSA) is 95.2 Å². The predicted octanol–water partition coefficient (Wildman–Crippen LogP) is 2.84. The first-order chi connectivity index (χ1) is 11.7. The molecule has 1 fully saturated rings. The molecule has 3 rings (SSSR count). The third kappa shape index (κ3) is 2.52. The molecule has 2 aromatic rings. The summed E-state index contributed by atoms with van der Waals surface area (Å²) in [6.07, 6.45) is 0. The smallest absolute Gasteiger partial charge is 0.326 e. The molecule has 0 spiro atoms. The van der Waals surface area contributed by atoms with Crippen LogP contribution in [0.2, 0.25) is 0 Å². The van der Waals surface area contributed by atoms with Gasteiger partial charge in [0.25, 0.3) is 0 Å². The summed E-state index contributed by atoms with van der Waals surface area (Å²) in [5.74, 6) is -2.29. The number of hydrogen-bond donors (Lipinski definition) is 1. The maximum Gasteiger partial charge on any atom is 0.326 e. The van der Waals surface area contributed by atoms with E-state index in [-0.39, 0.29) is 4.90 Å². The molecule has 0 radical (unpaired) electrons. The number of aryl methyl sites for hydroxylation is 2. The van der Waals surface area contributed by atoms with Crippen molar-refractivity contribution in [1.29, 1.82) is 5.26 Å². The minimum atomic E-state index is -3.96. The summed E-state index contributed by atoms with van der Waals surface area (Å²) in [6.45, 7) is 3.71. The van der Waals surface area contributed by atoms with Gasteiger partial charge in [-0.2, -0.15) is 5.26 Å². The molecule has 1 aliphatic rings. The van der Waals surface area contributed by atoms with Crippen LogP contribution in [0.15, 0.2) is 53.4 Å². The summed E-state index contributed by atoms with van der Waals surface area (Å²) in [4.78, 5) is 11.9. The number of nitriles is 1. The monoisotopic (exact) mass is 355 g/mol. The largest absolute Gasteiger partial charge is 0.480 e. The summed E-state index contributed by atoms with van der Waals surface area (Å²) in [5, 5.41) is 17.9. The lowest BCUT2D eigenvalue weighted by atomic mass is 10.00. The van der Waals surface area contributed by atoms with Crippen molar-refractivity contribution in [2.45, 2.75) is 29.9 Å². The molecule has 128 valence electrons. The van der Waals surface area contributed by atoms with Crippen molar-refractivity contribution in [3.05, 3.63) is 65.2 Å². The summed E-state index contributed by atoms with van der Waals surface area (Å²) >= 11 is 0. The van der Waals surface area contributed by atoms with E-state index in [0.29, 0.717) is 5.56 Å². The number of sulfone groups is 1. The Morgan fingerprint density at radius 1 is 1.04 bits per heavy atom. The SMILES string of the molecule is Cc1ccc([C@@H]2[C@@H](S(=O)(=O)c3ccc(C)cc3)[C@@]2(C#N)C(=O)O)cc1. The third-order valence-corrected chi connectivity index (χ3v) is 7.03. The predicted molar refractivity (Wildman–Crippen MR) is 91.8 cm³/mol. The van der Waals surface area contributed by atoms with Gasteiger partial charge in [0.15, 0.2) is 15.3 Å². The fourth-order valence-electron chi connectivity index (χ4n) is 3.30. The van der Waals surface area contributed by atoms with Crippen molar-refractivity contribution in [1.82, 2.24) is 0 Å². The van der Waals surface area contributed by atoms with Crippen molar-refractivity contribution < 1.29 is 18.3 Å². The number of hydrogen-bond acceptors (Lipinski definition) is 4. The zero-order valence-corrected chi connectivity index (χ0v) is 14.6. The van der Waals surface area contributed by atoms with Gasteiger partial charge in [-0.1, -0.05) is 47.5 Å². The molecule has 3 atom stereocenters. The van der Waals surface area contributed by atoms with Gasteiger partial charge in [-0.05, 0) is 31.5 Å². The van der Waals surface area contributed by atoms with Crippen molar-refractivity contribution in [2.75, 3.05) is 0 Å². The van der Waals surface area contributed by atoms with E-state index < -0.39 is 32.4 Å². The average Bonchev–Trinajstić information content (AvgIpc) is 3.27. The Morgan fingerprint density at radius 3 is 1.96 bits per heavy atom. The Bertz CT molecular complexity index is 972. The molecule has 25 heavy (non-hydrogen) atoms. The second kappa shape index (κ2) is 5.71. The molecule has 0 unspecified atom stereocenters. The third-order valence-electron chi connectivity index (χ3n) is 4.79. The van der Waals surface area contributed by atoms with Crippen molar-refractivity contribution in [3.8, 4) is 6.07 Å². The summed E-state index contributed by atoms with van der Waals surface area (Å²) in [5.41, 5.74) is 0.462. The van der Waals surface area contributed by atoms with E-state index in [1.165, 1.54) is 12.1 Å². The summed E-state index contributed by atoms with van der Waals surface area (Å²) < 4.78 is 26.0. The molecular formula is C19H17NO4S. The molecule has 0 aromatic heterocycles. The normalized spacial score (nSPS) is 25.2. The second-order valence-electron chi connectivity index (χ2n) is 6.45. The van der Waals surface area contributed by atoms with Crippen LogP contribution in [0.3, 0.4) is 0 Å². The number of benzene rings is 2. The van der Waals surface area contributed by atoms with E-state index in [9.17, 15) is 23.6 Å². The lowest BCUT2D eigenvalue weighted by molar-refractivity contribution is -0.141. The Hall–Kier alpha value is -2.65. The minimum absolute atomic E-state index is 0.0404. The van der Waals surface area contributed by atoms with Crippen LogP contribution in [0.1, 0.15) is 22.6 Å². The van der Waals surface area contributed by atoms with Crippen molar-refractivity contribution in [2.24, 2.45) is 5.41 Å². The van der Waals surface area contributed by atoms with Gasteiger partial charge >= 0.3 is 5.97 Å². The van der Waals surface area contributed by atoms with Crippen LogP contribution in [0, 0.1) is 30.6 Å². The number of carboxylic acid groups (broad SMARTS) is 1. The molecule has 0 saturated heterocycles. The molecule has 1 saturated carbocycles. The van der Waals surface area contributed by atoms with Crippen LogP contribution in [0.25, 0.3) is 0 Å². The van der Waals surface area contributed by atoms with E-state index in [1.54, 1.807) is 42.5 Å². The minimum Gasteiger partial charge on any atom is -0.480 e. The van der Waals surface area contributed by atoms with Gasteiger partial charge in [0, 0.05) is 5.92 Å². The van der Waals surface area contributed by atoms with Crippen LogP contribution in [-0.2, 0) is 14.6 Å². The zero-order chi connectivity index (χ0) is 18.4. The van der Waals surface area contributed by atoms with Gasteiger partial charge < -0.3 is 5.11 Å². The van der Waals surface area contributed by atoms with Crippen LogP contribution in [0.5, 0.6) is 0 Å². The molecule has 2 aromatic carbocycles. The maximum absolute atomic E-state index is 13.0. The Morgan fingerprint density at radius 2 is 1.52 bits per heavy atom. The van der Waals surface area contributed by atoms with Gasteiger partial charge in [-0.25, -0.2) is 8.42 Å². The first-order valence-electron chi connectivity index (χ1n) is 7.77. The van der Waals surface area contributed by atoms with Crippen LogP contribution < -0.4 is 0 Å². The summed E-state index contributed by atoms with van der Waals surface area (Å²) in [6, 6.07) is 15.0. The molecule has 0 aliphatic heterocycles. The van der Waals surface area contributed by atoms with E-state index in [1.807, 2.05) is 13.8 Å². The highest BCUT2D eigenvalue weighted by atomic mass is 32.2. The van der Waals surface area contributed by atoms with E-state index in [0.717, 1.165) is 11.1 Å². The highest BCUT2D eigenvalue weighted by Crippen LogP contribution is 2.63. The van der Waals surface area contributed by atoms with Crippen molar-refractivity contribution >= 4 is 15.8 Å². The van der Waals surface area contributed by atoms with Crippen molar-refractivity contribution in [3.63, 3.8) is 0 Å². The van der Waals surface area contributed by atoms with E-state index in [2.05, 4.69) is 0 Å². The summed E-state index contributed by atoms with van der Waals surface area (Å²) in [7, 11) is -3.96. The highest BCUT2D eigenvalue weighted by Gasteiger charge is 2.77. The molecule has 0 heterocycles. The number of carbonyl (C=O) groups is 1. The van der Waals surface area contributed by atoms with E-state index in [4.69, 9.17) is 0 Å². The second-order valence-corrected chi connectivity index (χ2v) is 8.52. The zero-order valence-electron chi connectivity index (χ0n) is 13.8. The fourth-order valence-corrected chi connectivity index (χ4v) is 5.55. The van der Waals surface area contributed by atoms with Gasteiger partial charge in [-0.15, -0.1) is 0 Å². The number of rotatable bonds is 4. The molecule has 0 amide bonds. The molecule has 1 aliphatic carbocycles. The molecular weight excluding hydrogens is 338 g/mol. The fraction of sp³-hybridized carbons (Fsp3) is 0.263. The first kappa shape index (κ1) is 17.2. The maximum atomic E-state index is 13.0. The lowest BCUT2D eigenvalue weighted by Gasteiger charge is -2.05. The molecule has 6 heteroatoms. The van der Waals surface area contributed by atoms with Crippen LogP contribution >= 0.6 is 0 Å². The van der Waals surface area contributed by atoms with Crippen LogP contribution in [0.4, 0.5) is 0 Å². The van der Waals surface area contributed by atoms with Gasteiger partial charge in [0.1, 0.15) is 5.25 Å². The lowest BCUT2D eigenvalue weighted by Crippen LogP contribution is -2.22. The molecule has 5 nitrogen and oxygen atoms in total. The van der Waals surface area contributed by atoms with Gasteiger partial charge in [0.2, 0.25) is 0 Å². The standard InChI is InChI=1S/C19H17NO4S/c1-12-3-7-14(8-4-12)16-17(19(16,11-20)18(21)22)25(23,24)15-9-5-13(2)6-10-15/h3-10,16-17H,1-2H3,(H,21,22)/t16-,17-,19+/m1/s1. The Kier molecular flexibility index (Phi) is 3.92. The first-order valence-corrected chi connectivity index (χ1v) is 9.31. The highest BCUT2D eigenvalue weighted by molar-refractivity contribution is 7.92. The average molecular weight is 355 g/mol. The number of nitrogens with zero attached hydrogens (tertiary/aromatic N) is 1. The van der Waals surface area contributed by atoms with Crippen LogP contribution in [-0.4, -0.2) is 24.7 Å². The number of aliphatic carboxylic acids is 1. The quantitative estimate of drug-likeness (QED) is 0.910. The molecule has 1 N–H and O–H groups in total. The van der Waals surface area contributed by atoms with E-state index >= 15 is 0 Å².